The first-order valence-electron chi connectivity index (χ1n) is 4.89. The van der Waals surface area contributed by atoms with Gasteiger partial charge in [0.1, 0.15) is 0 Å². The van der Waals surface area contributed by atoms with Crippen molar-refractivity contribution in [2.45, 2.75) is 44.8 Å². The zero-order valence-electron chi connectivity index (χ0n) is 7.83. The Morgan fingerprint density at radius 2 is 1.83 bits per heavy atom. The fourth-order valence-electron chi connectivity index (χ4n) is 3.13. The van der Waals surface area contributed by atoms with E-state index in [9.17, 15) is 10.2 Å². The zero-order valence-corrected chi connectivity index (χ0v) is 7.83. The van der Waals surface area contributed by atoms with Gasteiger partial charge >= 0.3 is 0 Å². The molecule has 2 N–H and O–H groups in total. The van der Waals surface area contributed by atoms with Crippen molar-refractivity contribution < 1.29 is 10.2 Å². The molecule has 2 aliphatic carbocycles. The molecule has 0 unspecified atom stereocenters. The highest BCUT2D eigenvalue weighted by Gasteiger charge is 2.50. The number of rotatable bonds is 1. The number of fused-ring (bicyclic) bond motifs is 2. The monoisotopic (exact) mass is 170 g/mol. The second-order valence-electron chi connectivity index (χ2n) is 5.06. The van der Waals surface area contributed by atoms with Crippen molar-refractivity contribution in [3.8, 4) is 0 Å². The van der Waals surface area contributed by atoms with Crippen molar-refractivity contribution in [2.75, 3.05) is 0 Å². The van der Waals surface area contributed by atoms with Crippen LogP contribution in [0.25, 0.3) is 0 Å². The molecule has 0 aliphatic heterocycles. The Morgan fingerprint density at radius 1 is 1.17 bits per heavy atom. The molecule has 0 radical (unpaired) electrons. The first-order chi connectivity index (χ1) is 5.48. The van der Waals surface area contributed by atoms with Gasteiger partial charge in [-0.2, -0.15) is 0 Å². The lowest BCUT2D eigenvalue weighted by atomic mass is 9.77. The first kappa shape index (κ1) is 8.52. The highest BCUT2D eigenvalue weighted by Crippen LogP contribution is 2.51. The van der Waals surface area contributed by atoms with Gasteiger partial charge in [-0.1, -0.05) is 0 Å². The maximum absolute atomic E-state index is 9.85. The molecule has 0 aromatic rings. The molecule has 12 heavy (non-hydrogen) atoms. The molecular weight excluding hydrogens is 152 g/mol. The van der Waals surface area contributed by atoms with Crippen LogP contribution < -0.4 is 0 Å². The molecule has 0 heterocycles. The molecule has 0 aromatic heterocycles. The summed E-state index contributed by atoms with van der Waals surface area (Å²) < 4.78 is 0. The summed E-state index contributed by atoms with van der Waals surface area (Å²) >= 11 is 0. The summed E-state index contributed by atoms with van der Waals surface area (Å²) in [5, 5.41) is 19.5. The molecule has 2 bridgehead atoms. The third-order valence-corrected chi connectivity index (χ3v) is 3.69. The molecule has 0 saturated heterocycles. The predicted molar refractivity (Wildman–Crippen MR) is 46.6 cm³/mol. The van der Waals surface area contributed by atoms with Gasteiger partial charge in [-0.15, -0.1) is 0 Å². The number of aliphatic hydroxyl groups excluding tert-OH is 1. The Balaban J connectivity index is 2.12. The van der Waals surface area contributed by atoms with Crippen LogP contribution in [0.4, 0.5) is 0 Å². The molecule has 4 atom stereocenters. The van der Waals surface area contributed by atoms with Crippen LogP contribution in [0.1, 0.15) is 33.1 Å². The van der Waals surface area contributed by atoms with E-state index in [1.54, 1.807) is 0 Å². The van der Waals surface area contributed by atoms with Crippen LogP contribution in [0, 0.1) is 17.8 Å². The van der Waals surface area contributed by atoms with E-state index in [2.05, 4.69) is 0 Å². The van der Waals surface area contributed by atoms with Crippen molar-refractivity contribution in [3.05, 3.63) is 0 Å². The minimum atomic E-state index is -0.596. The van der Waals surface area contributed by atoms with Gasteiger partial charge in [0.15, 0.2) is 0 Å². The van der Waals surface area contributed by atoms with E-state index in [0.717, 1.165) is 19.3 Å². The molecule has 2 aliphatic rings. The summed E-state index contributed by atoms with van der Waals surface area (Å²) in [5.41, 5.74) is -0.596. The van der Waals surface area contributed by atoms with E-state index in [0.29, 0.717) is 17.8 Å². The lowest BCUT2D eigenvalue weighted by Gasteiger charge is -2.35. The minimum absolute atomic E-state index is 0.139. The van der Waals surface area contributed by atoms with E-state index in [1.807, 2.05) is 13.8 Å². The van der Waals surface area contributed by atoms with Crippen molar-refractivity contribution in [1.29, 1.82) is 0 Å². The quantitative estimate of drug-likeness (QED) is 0.620. The fourth-order valence-corrected chi connectivity index (χ4v) is 3.13. The Bertz CT molecular complexity index is 183. The maximum Gasteiger partial charge on any atom is 0.0623 e. The van der Waals surface area contributed by atoms with Crippen LogP contribution >= 0.6 is 0 Å². The summed E-state index contributed by atoms with van der Waals surface area (Å²) in [7, 11) is 0. The molecule has 0 aromatic carbocycles. The standard InChI is InChI=1S/C10H18O2/c1-10(2,12)8-4-6-3-7(8)9(11)5-6/h6-9,11-12H,3-5H2,1-2H3/t6-,7+,8-,9-/m1/s1. The maximum atomic E-state index is 9.85. The fraction of sp³-hybridized carbons (Fsp3) is 1.00. The van der Waals surface area contributed by atoms with Crippen molar-refractivity contribution in [1.82, 2.24) is 0 Å². The van der Waals surface area contributed by atoms with Gasteiger partial charge in [0.05, 0.1) is 11.7 Å². The smallest absolute Gasteiger partial charge is 0.0623 e. The van der Waals surface area contributed by atoms with Crippen LogP contribution in [0.15, 0.2) is 0 Å². The average molecular weight is 170 g/mol. The van der Waals surface area contributed by atoms with E-state index in [1.165, 1.54) is 0 Å². The van der Waals surface area contributed by atoms with Crippen LogP contribution in [-0.2, 0) is 0 Å². The van der Waals surface area contributed by atoms with E-state index in [-0.39, 0.29) is 6.10 Å². The van der Waals surface area contributed by atoms with Gasteiger partial charge in [-0.05, 0) is 50.9 Å². The predicted octanol–water partition coefficient (Wildman–Crippen LogP) is 1.16. The van der Waals surface area contributed by atoms with E-state index in [4.69, 9.17) is 0 Å². The Labute approximate surface area is 73.6 Å². The number of aliphatic hydroxyl groups is 2. The van der Waals surface area contributed by atoms with E-state index < -0.39 is 5.60 Å². The van der Waals surface area contributed by atoms with Gasteiger partial charge in [0, 0.05) is 0 Å². The number of hydrogen-bond donors (Lipinski definition) is 2. The molecule has 2 nitrogen and oxygen atoms in total. The highest BCUT2D eigenvalue weighted by atomic mass is 16.3. The summed E-state index contributed by atoms with van der Waals surface area (Å²) in [6.45, 7) is 3.73. The summed E-state index contributed by atoms with van der Waals surface area (Å²) in [5.74, 6) is 1.38. The third-order valence-electron chi connectivity index (χ3n) is 3.69. The summed E-state index contributed by atoms with van der Waals surface area (Å²) in [4.78, 5) is 0. The molecule has 2 rings (SSSR count). The third kappa shape index (κ3) is 1.17. The Morgan fingerprint density at radius 3 is 2.17 bits per heavy atom. The SMILES string of the molecule is CC(C)(O)[C@@H]1C[C@H]2C[C@@H]1[C@H](O)C2. The number of hydrogen-bond acceptors (Lipinski definition) is 2. The van der Waals surface area contributed by atoms with Crippen LogP contribution in [-0.4, -0.2) is 21.9 Å². The zero-order chi connectivity index (χ0) is 8.93. The normalized spacial score (nSPS) is 47.0. The highest BCUT2D eigenvalue weighted by molar-refractivity contribution is 5.00. The van der Waals surface area contributed by atoms with Crippen molar-refractivity contribution in [3.63, 3.8) is 0 Å². The lowest BCUT2D eigenvalue weighted by molar-refractivity contribution is -0.0418. The van der Waals surface area contributed by atoms with E-state index >= 15 is 0 Å². The summed E-state index contributed by atoms with van der Waals surface area (Å²) in [6, 6.07) is 0. The second-order valence-corrected chi connectivity index (χ2v) is 5.06. The van der Waals surface area contributed by atoms with Crippen molar-refractivity contribution in [2.24, 2.45) is 17.8 Å². The van der Waals surface area contributed by atoms with Gasteiger partial charge in [-0.3, -0.25) is 0 Å². The molecule has 70 valence electrons. The largest absolute Gasteiger partial charge is 0.393 e. The van der Waals surface area contributed by atoms with Gasteiger partial charge in [-0.25, -0.2) is 0 Å². The second kappa shape index (κ2) is 2.46. The average Bonchev–Trinajstić information content (AvgIpc) is 2.41. The summed E-state index contributed by atoms with van der Waals surface area (Å²) in [6.07, 6.45) is 3.08. The minimum Gasteiger partial charge on any atom is -0.393 e. The Hall–Kier alpha value is -0.0800. The van der Waals surface area contributed by atoms with Gasteiger partial charge < -0.3 is 10.2 Å². The molecular formula is C10H18O2. The Kier molecular flexibility index (Phi) is 1.74. The van der Waals surface area contributed by atoms with Crippen LogP contribution in [0.3, 0.4) is 0 Å². The topological polar surface area (TPSA) is 40.5 Å². The molecule has 2 heteroatoms. The van der Waals surface area contributed by atoms with Crippen LogP contribution in [0.2, 0.25) is 0 Å². The molecule has 2 fully saturated rings. The molecule has 0 spiro atoms. The van der Waals surface area contributed by atoms with Gasteiger partial charge in [0.2, 0.25) is 0 Å². The van der Waals surface area contributed by atoms with Crippen molar-refractivity contribution >= 4 is 0 Å². The van der Waals surface area contributed by atoms with Gasteiger partial charge in [0.25, 0.3) is 0 Å². The lowest BCUT2D eigenvalue weighted by Crippen LogP contribution is -2.39. The first-order valence-corrected chi connectivity index (χ1v) is 4.89. The van der Waals surface area contributed by atoms with Crippen LogP contribution in [0.5, 0.6) is 0 Å². The molecule has 0 amide bonds. The molecule has 2 saturated carbocycles.